The number of thiophene rings is 1. The van der Waals surface area contributed by atoms with Crippen LogP contribution in [-0.4, -0.2) is 0 Å². The van der Waals surface area contributed by atoms with Gasteiger partial charge in [-0.2, -0.15) is 0 Å². The minimum atomic E-state index is -0.211. The van der Waals surface area contributed by atoms with Gasteiger partial charge in [0.25, 0.3) is 0 Å². The van der Waals surface area contributed by atoms with Crippen molar-refractivity contribution >= 4 is 11.3 Å². The third kappa shape index (κ3) is 2.45. The fourth-order valence-electron chi connectivity index (χ4n) is 2.77. The molecule has 1 aliphatic carbocycles. The van der Waals surface area contributed by atoms with Gasteiger partial charge in [-0.3, -0.25) is 0 Å². The maximum atomic E-state index is 13.4. The molecule has 0 saturated carbocycles. The average molecular weight is 275 g/mol. The topological polar surface area (TPSA) is 26.0 Å². The van der Waals surface area contributed by atoms with Crippen LogP contribution in [0, 0.1) is 12.7 Å². The maximum Gasteiger partial charge on any atom is 0.123 e. The summed E-state index contributed by atoms with van der Waals surface area (Å²) in [4.78, 5) is 2.64. The number of rotatable bonds is 2. The number of hydrogen-bond donors (Lipinski definition) is 1. The monoisotopic (exact) mass is 275 g/mol. The molecular weight excluding hydrogens is 257 g/mol. The minimum absolute atomic E-state index is 0.202. The first-order valence-corrected chi connectivity index (χ1v) is 7.60. The molecule has 1 aromatic heterocycles. The molecule has 0 aliphatic heterocycles. The molecule has 0 spiro atoms. The largest absolute Gasteiger partial charge is 0.320 e. The van der Waals surface area contributed by atoms with E-state index in [-0.39, 0.29) is 11.9 Å². The molecule has 1 atom stereocenters. The summed E-state index contributed by atoms with van der Waals surface area (Å²) in [6.07, 6.45) is 4.90. The second-order valence-corrected chi connectivity index (χ2v) is 6.45. The lowest BCUT2D eigenvalue weighted by Gasteiger charge is -2.13. The van der Waals surface area contributed by atoms with Gasteiger partial charge in [0.05, 0.1) is 6.04 Å². The molecule has 0 radical (unpaired) electrons. The summed E-state index contributed by atoms with van der Waals surface area (Å²) in [7, 11) is 0. The molecule has 0 saturated heterocycles. The van der Waals surface area contributed by atoms with Crippen LogP contribution >= 0.6 is 11.3 Å². The van der Waals surface area contributed by atoms with Gasteiger partial charge in [-0.25, -0.2) is 4.39 Å². The van der Waals surface area contributed by atoms with E-state index in [4.69, 9.17) is 5.73 Å². The highest BCUT2D eigenvalue weighted by Gasteiger charge is 2.19. The molecule has 1 aromatic carbocycles. The summed E-state index contributed by atoms with van der Waals surface area (Å²) in [5, 5.41) is 0. The molecule has 1 unspecified atom stereocenters. The predicted molar refractivity (Wildman–Crippen MR) is 78.1 cm³/mol. The van der Waals surface area contributed by atoms with Crippen LogP contribution in [0.15, 0.2) is 24.3 Å². The molecule has 100 valence electrons. The summed E-state index contributed by atoms with van der Waals surface area (Å²) in [5.41, 5.74) is 9.75. The predicted octanol–water partition coefficient (Wildman–Crippen LogP) is 4.12. The van der Waals surface area contributed by atoms with E-state index in [1.165, 1.54) is 47.1 Å². The lowest BCUT2D eigenvalue weighted by Crippen LogP contribution is -2.12. The quantitative estimate of drug-likeness (QED) is 0.876. The van der Waals surface area contributed by atoms with E-state index in [0.717, 1.165) is 11.1 Å². The maximum absolute atomic E-state index is 13.4. The Morgan fingerprint density at radius 1 is 1.21 bits per heavy atom. The van der Waals surface area contributed by atoms with Crippen molar-refractivity contribution in [3.63, 3.8) is 0 Å². The molecule has 0 fully saturated rings. The van der Waals surface area contributed by atoms with Crippen LogP contribution in [-0.2, 0) is 12.8 Å². The van der Waals surface area contributed by atoms with Crippen LogP contribution in [0.2, 0.25) is 0 Å². The van der Waals surface area contributed by atoms with Gasteiger partial charge in [0.2, 0.25) is 0 Å². The van der Waals surface area contributed by atoms with Crippen LogP contribution < -0.4 is 5.73 Å². The van der Waals surface area contributed by atoms with Crippen LogP contribution in [0.4, 0.5) is 4.39 Å². The van der Waals surface area contributed by atoms with Gasteiger partial charge < -0.3 is 5.73 Å². The summed E-state index contributed by atoms with van der Waals surface area (Å²) in [5.74, 6) is -0.211. The van der Waals surface area contributed by atoms with Gasteiger partial charge >= 0.3 is 0 Å². The number of aryl methyl sites for hydroxylation is 3. The highest BCUT2D eigenvalue weighted by molar-refractivity contribution is 7.12. The molecule has 0 amide bonds. The Morgan fingerprint density at radius 2 is 2.00 bits per heavy atom. The molecule has 3 rings (SSSR count). The van der Waals surface area contributed by atoms with Crippen molar-refractivity contribution in [2.24, 2.45) is 5.73 Å². The standard InChI is InChI=1S/C16H18FNS/c1-10-6-7-12(17)9-13(10)16(18)15-8-11-4-2-3-5-14(11)19-15/h6-9,16H,2-5,18H2,1H3. The van der Waals surface area contributed by atoms with Crippen molar-refractivity contribution < 1.29 is 4.39 Å². The van der Waals surface area contributed by atoms with Crippen molar-refractivity contribution in [1.29, 1.82) is 0 Å². The first-order chi connectivity index (χ1) is 9.15. The van der Waals surface area contributed by atoms with E-state index in [1.807, 2.05) is 6.92 Å². The van der Waals surface area contributed by atoms with Crippen LogP contribution in [0.3, 0.4) is 0 Å². The summed E-state index contributed by atoms with van der Waals surface area (Å²) in [6, 6.07) is 6.89. The smallest absolute Gasteiger partial charge is 0.123 e. The van der Waals surface area contributed by atoms with Crippen LogP contribution in [0.5, 0.6) is 0 Å². The molecule has 2 aromatic rings. The van der Waals surface area contributed by atoms with E-state index >= 15 is 0 Å². The van der Waals surface area contributed by atoms with Gasteiger partial charge in [-0.05, 0) is 67.5 Å². The van der Waals surface area contributed by atoms with Gasteiger partial charge in [-0.1, -0.05) is 6.07 Å². The van der Waals surface area contributed by atoms with E-state index in [9.17, 15) is 4.39 Å². The zero-order chi connectivity index (χ0) is 13.4. The van der Waals surface area contributed by atoms with Gasteiger partial charge in [-0.15, -0.1) is 11.3 Å². The number of halogens is 1. The Balaban J connectivity index is 1.97. The first-order valence-electron chi connectivity index (χ1n) is 6.78. The third-order valence-corrected chi connectivity index (χ3v) is 5.22. The van der Waals surface area contributed by atoms with Crippen molar-refractivity contribution in [2.45, 2.75) is 38.6 Å². The van der Waals surface area contributed by atoms with Gasteiger partial charge in [0, 0.05) is 9.75 Å². The second kappa shape index (κ2) is 5.06. The SMILES string of the molecule is Cc1ccc(F)cc1C(N)c1cc2c(s1)CCCC2. The van der Waals surface area contributed by atoms with E-state index < -0.39 is 0 Å². The second-order valence-electron chi connectivity index (χ2n) is 5.28. The van der Waals surface area contributed by atoms with Gasteiger partial charge in [0.1, 0.15) is 5.82 Å². The minimum Gasteiger partial charge on any atom is -0.320 e. The van der Waals surface area contributed by atoms with Crippen molar-refractivity contribution in [2.75, 3.05) is 0 Å². The molecule has 0 bridgehead atoms. The Hall–Kier alpha value is -1.19. The zero-order valence-corrected chi connectivity index (χ0v) is 11.9. The Labute approximate surface area is 117 Å². The molecule has 19 heavy (non-hydrogen) atoms. The lowest BCUT2D eigenvalue weighted by atomic mass is 9.97. The summed E-state index contributed by atoms with van der Waals surface area (Å²) >= 11 is 1.81. The summed E-state index contributed by atoms with van der Waals surface area (Å²) in [6.45, 7) is 1.99. The van der Waals surface area contributed by atoms with E-state index in [1.54, 1.807) is 23.5 Å². The summed E-state index contributed by atoms with van der Waals surface area (Å²) < 4.78 is 13.4. The molecular formula is C16H18FNS. The van der Waals surface area contributed by atoms with Crippen molar-refractivity contribution in [1.82, 2.24) is 0 Å². The lowest BCUT2D eigenvalue weighted by molar-refractivity contribution is 0.623. The number of fused-ring (bicyclic) bond motifs is 1. The highest BCUT2D eigenvalue weighted by atomic mass is 32.1. The van der Waals surface area contributed by atoms with Crippen LogP contribution in [0.1, 0.15) is 45.3 Å². The number of benzene rings is 1. The zero-order valence-electron chi connectivity index (χ0n) is 11.1. The fraction of sp³-hybridized carbons (Fsp3) is 0.375. The van der Waals surface area contributed by atoms with Gasteiger partial charge in [0.15, 0.2) is 0 Å². The van der Waals surface area contributed by atoms with E-state index in [0.29, 0.717) is 0 Å². The molecule has 1 nitrogen and oxygen atoms in total. The molecule has 3 heteroatoms. The fourth-order valence-corrected chi connectivity index (χ4v) is 4.04. The first kappa shape index (κ1) is 12.8. The highest BCUT2D eigenvalue weighted by Crippen LogP contribution is 2.35. The molecule has 1 heterocycles. The Bertz CT molecular complexity index is 579. The molecule has 1 aliphatic rings. The van der Waals surface area contributed by atoms with Crippen molar-refractivity contribution in [3.8, 4) is 0 Å². The Kier molecular flexibility index (Phi) is 3.42. The van der Waals surface area contributed by atoms with Crippen LogP contribution in [0.25, 0.3) is 0 Å². The van der Waals surface area contributed by atoms with Crippen molar-refractivity contribution in [3.05, 3.63) is 56.5 Å². The number of hydrogen-bond acceptors (Lipinski definition) is 2. The number of nitrogens with two attached hydrogens (primary N) is 1. The Morgan fingerprint density at radius 3 is 2.79 bits per heavy atom. The normalized spacial score (nSPS) is 16.2. The molecule has 2 N–H and O–H groups in total. The third-order valence-electron chi connectivity index (χ3n) is 3.90. The average Bonchev–Trinajstić information content (AvgIpc) is 2.84. The van der Waals surface area contributed by atoms with E-state index in [2.05, 4.69) is 6.07 Å².